The van der Waals surface area contributed by atoms with Crippen LogP contribution in [0.2, 0.25) is 5.02 Å². The van der Waals surface area contributed by atoms with Gasteiger partial charge in [-0.05, 0) is 97.0 Å². The second-order valence-corrected chi connectivity index (χ2v) is 19.6. The summed E-state index contributed by atoms with van der Waals surface area (Å²) < 4.78 is 2.65. The number of hydrogen-bond donors (Lipinski definition) is 1. The smallest absolute Gasteiger partial charge is 0.242 e. The lowest BCUT2D eigenvalue weighted by Crippen LogP contribution is -2.49. The number of aryl methyl sites for hydroxylation is 2. The van der Waals surface area contributed by atoms with Crippen LogP contribution in [0.15, 0.2) is 103 Å². The van der Waals surface area contributed by atoms with E-state index in [2.05, 4.69) is 23.1 Å². The van der Waals surface area contributed by atoms with Crippen molar-refractivity contribution in [2.45, 2.75) is 58.0 Å². The summed E-state index contributed by atoms with van der Waals surface area (Å²) in [5.74, 6) is -3.96. The summed E-state index contributed by atoms with van der Waals surface area (Å²) in [6.07, 6.45) is 4.05. The number of carbonyl (C=O) groups excluding carboxylic acids is 4. The van der Waals surface area contributed by atoms with E-state index in [0.29, 0.717) is 41.4 Å². The molecule has 3 aliphatic heterocycles. The fourth-order valence-corrected chi connectivity index (χ4v) is 13.2. The quantitative estimate of drug-likeness (QED) is 0.131. The van der Waals surface area contributed by atoms with E-state index in [4.69, 9.17) is 16.7 Å². The van der Waals surface area contributed by atoms with Crippen molar-refractivity contribution in [1.82, 2.24) is 19.6 Å². The monoisotopic (exact) mass is 863 g/mol. The Kier molecular flexibility index (Phi) is 9.16. The van der Waals surface area contributed by atoms with Gasteiger partial charge in [-0.3, -0.25) is 33.7 Å². The molecule has 10 nitrogen and oxygen atoms in total. The summed E-state index contributed by atoms with van der Waals surface area (Å²) in [6.45, 7) is 6.26. The number of imide groups is 2. The third-order valence-electron chi connectivity index (χ3n) is 14.9. The number of aromatic hydroxyl groups is 1. The number of amides is 4. The number of phenolic OH excluding ortho intramolecular Hbond substituents is 1. The van der Waals surface area contributed by atoms with E-state index in [1.54, 1.807) is 34.0 Å². The van der Waals surface area contributed by atoms with Gasteiger partial charge in [0.2, 0.25) is 23.6 Å². The van der Waals surface area contributed by atoms with Crippen molar-refractivity contribution in [3.63, 3.8) is 0 Å². The second-order valence-electron chi connectivity index (χ2n) is 18.1. The summed E-state index contributed by atoms with van der Waals surface area (Å²) in [6, 6.07) is 29.0. The van der Waals surface area contributed by atoms with Crippen LogP contribution in [-0.2, 0) is 32.8 Å². The highest BCUT2D eigenvalue weighted by atomic mass is 35.5. The van der Waals surface area contributed by atoms with E-state index in [-0.39, 0.29) is 41.8 Å². The number of fused-ring (bicyclic) bond motifs is 6. The molecule has 6 atom stereocenters. The summed E-state index contributed by atoms with van der Waals surface area (Å²) in [5, 5.41) is 20.1. The molecule has 12 heteroatoms. The number of halogens is 1. The van der Waals surface area contributed by atoms with Crippen LogP contribution in [0.4, 0.5) is 5.82 Å². The van der Waals surface area contributed by atoms with Gasteiger partial charge in [0.1, 0.15) is 17.3 Å². The SMILES string of the molecule is Cc1c(-c2cc(N3C(=O)[C@@H]4C[C@@H]5C(=CC[C@@H]6C(=O)N(C7CCN(Cc8ccccc8)CC7)C(=O)[C@@H]65)[C@H](c5c(O)ccc6ccccc56)[C@]4(C)C3=O)n(C)n2)sc2ccc(Cl)cc12. The number of allylic oxidation sites excluding steroid dienone is 2. The minimum atomic E-state index is -1.33. The van der Waals surface area contributed by atoms with Gasteiger partial charge >= 0.3 is 0 Å². The van der Waals surface area contributed by atoms with Crippen LogP contribution in [0.1, 0.15) is 55.2 Å². The van der Waals surface area contributed by atoms with E-state index in [0.717, 1.165) is 56.5 Å². The zero-order chi connectivity index (χ0) is 42.8. The number of nitrogens with zero attached hydrogens (tertiary/aromatic N) is 5. The topological polar surface area (TPSA) is 116 Å². The number of phenols is 1. The Bertz CT molecular complexity index is 2910. The van der Waals surface area contributed by atoms with Gasteiger partial charge in [0.05, 0.1) is 28.0 Å². The Morgan fingerprint density at radius 2 is 1.63 bits per heavy atom. The fraction of sp³-hybridized carbons (Fsp3) is 0.340. The van der Waals surface area contributed by atoms with Gasteiger partial charge in [-0.25, -0.2) is 4.90 Å². The zero-order valence-electron chi connectivity index (χ0n) is 34.8. The van der Waals surface area contributed by atoms with Crippen LogP contribution in [0.25, 0.3) is 31.4 Å². The normalized spacial score (nSPS) is 26.7. The molecule has 3 saturated heterocycles. The second kappa shape index (κ2) is 14.5. The Balaban J connectivity index is 0.974. The van der Waals surface area contributed by atoms with Gasteiger partial charge in [-0.15, -0.1) is 11.3 Å². The van der Waals surface area contributed by atoms with Crippen molar-refractivity contribution in [2.24, 2.45) is 36.1 Å². The molecule has 11 rings (SSSR count). The Labute approximate surface area is 368 Å². The molecular weight excluding hydrogens is 818 g/mol. The molecule has 2 aromatic heterocycles. The Hall–Kier alpha value is -5.62. The highest BCUT2D eigenvalue weighted by Gasteiger charge is 2.68. The molecule has 314 valence electrons. The predicted octanol–water partition coefficient (Wildman–Crippen LogP) is 9.02. The van der Waals surface area contributed by atoms with Gasteiger partial charge < -0.3 is 5.11 Å². The van der Waals surface area contributed by atoms with Gasteiger partial charge in [0.15, 0.2) is 0 Å². The largest absolute Gasteiger partial charge is 0.508 e. The molecule has 0 unspecified atom stereocenters. The third-order valence-corrected chi connectivity index (χ3v) is 16.5. The average Bonchev–Trinajstić information content (AvgIpc) is 3.95. The molecule has 0 radical (unpaired) electrons. The first-order valence-corrected chi connectivity index (χ1v) is 22.8. The molecule has 4 fully saturated rings. The number of benzene rings is 4. The molecular formula is C50H46ClN5O5S. The number of piperidine rings is 1. The van der Waals surface area contributed by atoms with Crippen molar-refractivity contribution >= 4 is 73.2 Å². The van der Waals surface area contributed by atoms with Crippen molar-refractivity contribution in [2.75, 3.05) is 18.0 Å². The van der Waals surface area contributed by atoms with Crippen LogP contribution in [0, 0.1) is 36.0 Å². The number of anilines is 1. The minimum Gasteiger partial charge on any atom is -0.508 e. The van der Waals surface area contributed by atoms with Crippen LogP contribution in [0.3, 0.4) is 0 Å². The minimum absolute atomic E-state index is 0.0249. The summed E-state index contributed by atoms with van der Waals surface area (Å²) in [4.78, 5) is 66.2. The molecule has 5 aliphatic rings. The zero-order valence-corrected chi connectivity index (χ0v) is 36.3. The number of carbonyl (C=O) groups is 4. The molecule has 62 heavy (non-hydrogen) atoms. The molecule has 5 heterocycles. The molecule has 4 aromatic carbocycles. The predicted molar refractivity (Wildman–Crippen MR) is 241 cm³/mol. The first-order valence-electron chi connectivity index (χ1n) is 21.6. The van der Waals surface area contributed by atoms with Gasteiger partial charge in [0.25, 0.3) is 0 Å². The van der Waals surface area contributed by atoms with E-state index >= 15 is 9.59 Å². The average molecular weight is 864 g/mol. The standard InChI is InChI=1S/C50H46ClN5O5S/c1-27-35-23-30(51)14-18-40(35)62-45(27)38-25-41(53(3)52-38)56-47(59)37-24-36-33(44(50(37,2)49(56)61)43-32-12-8-7-11-29(32)13-17-39(43)57)15-16-34-42(36)48(60)55(46(34)58)31-19-21-54(22-20-31)26-28-9-5-4-6-10-28/h4-15,17-18,23,25,31,34,36-37,42,44,57H,16,19-22,24,26H2,1-3H3/t34-,36+,37-,42-,44+,50+/m0/s1. The number of likely N-dealkylation sites (tertiary alicyclic amines) is 2. The number of rotatable bonds is 6. The lowest BCUT2D eigenvalue weighted by atomic mass is 9.51. The highest BCUT2D eigenvalue weighted by molar-refractivity contribution is 7.22. The van der Waals surface area contributed by atoms with Gasteiger partial charge in [-0.1, -0.05) is 83.9 Å². The van der Waals surface area contributed by atoms with Crippen LogP contribution in [-0.4, -0.2) is 67.4 Å². The van der Waals surface area contributed by atoms with Gasteiger partial charge in [0, 0.05) is 60.0 Å². The first kappa shape index (κ1) is 39.2. The lowest BCUT2D eigenvalue weighted by Gasteiger charge is -2.49. The van der Waals surface area contributed by atoms with Crippen LogP contribution in [0.5, 0.6) is 5.75 Å². The molecule has 2 aliphatic carbocycles. The first-order chi connectivity index (χ1) is 29.9. The third kappa shape index (κ3) is 5.73. The molecule has 1 saturated carbocycles. The van der Waals surface area contributed by atoms with Gasteiger partial charge in [-0.2, -0.15) is 5.10 Å². The van der Waals surface area contributed by atoms with Crippen molar-refractivity contribution in [3.05, 3.63) is 124 Å². The number of hydrogen-bond acceptors (Lipinski definition) is 8. The van der Waals surface area contributed by atoms with Crippen LogP contribution < -0.4 is 4.90 Å². The highest BCUT2D eigenvalue weighted by Crippen LogP contribution is 2.65. The van der Waals surface area contributed by atoms with E-state index in [1.807, 2.05) is 86.6 Å². The van der Waals surface area contributed by atoms with E-state index in [9.17, 15) is 14.7 Å². The maximum absolute atomic E-state index is 15.5. The molecule has 0 spiro atoms. The molecule has 1 N–H and O–H groups in total. The van der Waals surface area contributed by atoms with Crippen molar-refractivity contribution < 1.29 is 24.3 Å². The number of aromatic nitrogens is 2. The fourth-order valence-electron chi connectivity index (χ4n) is 11.9. The lowest BCUT2D eigenvalue weighted by molar-refractivity contribution is -0.144. The molecule has 0 bridgehead atoms. The Morgan fingerprint density at radius 3 is 2.42 bits per heavy atom. The van der Waals surface area contributed by atoms with Crippen molar-refractivity contribution in [3.8, 4) is 16.3 Å². The maximum atomic E-state index is 15.5. The van der Waals surface area contributed by atoms with Crippen LogP contribution >= 0.6 is 22.9 Å². The maximum Gasteiger partial charge on any atom is 0.242 e. The molecule has 6 aromatic rings. The van der Waals surface area contributed by atoms with E-state index < -0.39 is 35.0 Å². The van der Waals surface area contributed by atoms with Crippen molar-refractivity contribution in [1.29, 1.82) is 0 Å². The van der Waals surface area contributed by atoms with E-state index in [1.165, 1.54) is 10.5 Å². The summed E-state index contributed by atoms with van der Waals surface area (Å²) in [5.41, 5.74) is 2.97. The summed E-state index contributed by atoms with van der Waals surface area (Å²) in [7, 11) is 1.74. The number of thiophene rings is 1. The molecule has 4 amide bonds. The Morgan fingerprint density at radius 1 is 0.871 bits per heavy atom. The summed E-state index contributed by atoms with van der Waals surface area (Å²) >= 11 is 7.95.